The number of nitrogens with zero attached hydrogens (tertiary/aromatic N) is 1. The van der Waals surface area contributed by atoms with Crippen molar-refractivity contribution < 1.29 is 13.2 Å². The molecule has 0 heterocycles. The molecule has 152 valence electrons. The van der Waals surface area contributed by atoms with E-state index in [-0.39, 0.29) is 19.0 Å². The molecular formula is C20H25ClN2O3S2. The standard InChI is InChI=1S/C20H25ClN2O3S2/c1-16-7-9-17(10-8-16)15-27-12-11-22-20(24)14-23(28(2,25)26)13-18-5-3-4-6-19(18)21/h3-10H,11-15H2,1-2H3,(H,22,24). The highest BCUT2D eigenvalue weighted by molar-refractivity contribution is 7.98. The summed E-state index contributed by atoms with van der Waals surface area (Å²) in [6.07, 6.45) is 1.09. The molecule has 0 unspecified atom stereocenters. The normalized spacial score (nSPS) is 11.6. The predicted octanol–water partition coefficient (Wildman–Crippen LogP) is 3.46. The van der Waals surface area contributed by atoms with Crippen LogP contribution in [0.1, 0.15) is 16.7 Å². The van der Waals surface area contributed by atoms with Gasteiger partial charge in [0.15, 0.2) is 0 Å². The minimum absolute atomic E-state index is 0.0636. The monoisotopic (exact) mass is 440 g/mol. The van der Waals surface area contributed by atoms with E-state index in [1.54, 1.807) is 36.0 Å². The molecule has 2 rings (SSSR count). The molecule has 0 aliphatic heterocycles. The first-order valence-electron chi connectivity index (χ1n) is 8.84. The van der Waals surface area contributed by atoms with Crippen LogP contribution >= 0.6 is 23.4 Å². The zero-order valence-corrected chi connectivity index (χ0v) is 18.4. The van der Waals surface area contributed by atoms with Gasteiger partial charge in [-0.2, -0.15) is 16.1 Å². The van der Waals surface area contributed by atoms with E-state index in [4.69, 9.17) is 11.6 Å². The minimum atomic E-state index is -3.54. The number of halogens is 1. The molecule has 0 aromatic heterocycles. The van der Waals surface area contributed by atoms with E-state index in [1.165, 1.54) is 11.1 Å². The maximum atomic E-state index is 12.2. The highest BCUT2D eigenvalue weighted by Gasteiger charge is 2.21. The molecule has 0 atom stereocenters. The van der Waals surface area contributed by atoms with Crippen molar-refractivity contribution >= 4 is 39.3 Å². The molecule has 0 aliphatic carbocycles. The lowest BCUT2D eigenvalue weighted by Gasteiger charge is -2.20. The molecule has 28 heavy (non-hydrogen) atoms. The van der Waals surface area contributed by atoms with Crippen LogP contribution in [0.3, 0.4) is 0 Å². The van der Waals surface area contributed by atoms with Crippen LogP contribution in [0.5, 0.6) is 0 Å². The van der Waals surface area contributed by atoms with Gasteiger partial charge in [-0.3, -0.25) is 4.79 Å². The van der Waals surface area contributed by atoms with Crippen molar-refractivity contribution in [1.29, 1.82) is 0 Å². The van der Waals surface area contributed by atoms with Crippen LogP contribution in [0.15, 0.2) is 48.5 Å². The highest BCUT2D eigenvalue weighted by Crippen LogP contribution is 2.18. The van der Waals surface area contributed by atoms with E-state index in [1.807, 2.05) is 0 Å². The largest absolute Gasteiger partial charge is 0.354 e. The first-order valence-corrected chi connectivity index (χ1v) is 12.2. The third-order valence-electron chi connectivity index (χ3n) is 4.05. The van der Waals surface area contributed by atoms with Crippen LogP contribution in [0.2, 0.25) is 5.02 Å². The summed E-state index contributed by atoms with van der Waals surface area (Å²) >= 11 is 7.83. The molecule has 2 aromatic rings. The van der Waals surface area contributed by atoms with Crippen molar-refractivity contribution in [2.24, 2.45) is 0 Å². The van der Waals surface area contributed by atoms with Crippen LogP contribution in [0.4, 0.5) is 0 Å². The number of nitrogens with one attached hydrogen (secondary N) is 1. The maximum Gasteiger partial charge on any atom is 0.235 e. The number of carbonyl (C=O) groups excluding carboxylic acids is 1. The van der Waals surface area contributed by atoms with Gasteiger partial charge in [0.05, 0.1) is 12.8 Å². The maximum absolute atomic E-state index is 12.2. The summed E-state index contributed by atoms with van der Waals surface area (Å²) in [4.78, 5) is 12.2. The molecule has 2 aromatic carbocycles. The zero-order chi connectivity index (χ0) is 20.6. The molecule has 0 radical (unpaired) electrons. The molecule has 0 saturated heterocycles. The van der Waals surface area contributed by atoms with Gasteiger partial charge >= 0.3 is 0 Å². The molecule has 0 fully saturated rings. The van der Waals surface area contributed by atoms with E-state index < -0.39 is 10.0 Å². The average molecular weight is 441 g/mol. The van der Waals surface area contributed by atoms with Crippen molar-refractivity contribution in [3.05, 3.63) is 70.2 Å². The van der Waals surface area contributed by atoms with Crippen LogP contribution in [-0.2, 0) is 27.1 Å². The zero-order valence-electron chi connectivity index (χ0n) is 16.0. The molecule has 8 heteroatoms. The van der Waals surface area contributed by atoms with E-state index >= 15 is 0 Å². The fourth-order valence-electron chi connectivity index (χ4n) is 2.46. The second-order valence-corrected chi connectivity index (χ2v) is 10.0. The number of hydrogen-bond donors (Lipinski definition) is 1. The molecule has 0 bridgehead atoms. The number of sulfonamides is 1. The molecule has 1 N–H and O–H groups in total. The first kappa shape index (κ1) is 22.7. The van der Waals surface area contributed by atoms with Gasteiger partial charge in [-0.05, 0) is 24.1 Å². The average Bonchev–Trinajstić information content (AvgIpc) is 2.63. The van der Waals surface area contributed by atoms with Gasteiger partial charge in [0.1, 0.15) is 0 Å². The van der Waals surface area contributed by atoms with Crippen LogP contribution in [-0.4, -0.2) is 43.7 Å². The molecule has 1 amide bonds. The molecular weight excluding hydrogens is 416 g/mol. The van der Waals surface area contributed by atoms with Crippen LogP contribution in [0, 0.1) is 6.92 Å². The Morgan fingerprint density at radius 3 is 2.46 bits per heavy atom. The van der Waals surface area contributed by atoms with Crippen molar-refractivity contribution in [2.75, 3.05) is 25.1 Å². The van der Waals surface area contributed by atoms with Gasteiger partial charge in [0.2, 0.25) is 15.9 Å². The minimum Gasteiger partial charge on any atom is -0.354 e. The fraction of sp³-hybridized carbons (Fsp3) is 0.350. The SMILES string of the molecule is Cc1ccc(CSCCNC(=O)CN(Cc2ccccc2Cl)S(C)(=O)=O)cc1. The fourth-order valence-corrected chi connectivity index (χ4v) is 4.20. The second kappa shape index (κ2) is 10.9. The Bertz CT molecular complexity index is 887. The summed E-state index contributed by atoms with van der Waals surface area (Å²) in [5.74, 6) is 1.30. The van der Waals surface area contributed by atoms with Crippen molar-refractivity contribution in [3.8, 4) is 0 Å². The van der Waals surface area contributed by atoms with E-state index in [2.05, 4.69) is 36.5 Å². The summed E-state index contributed by atoms with van der Waals surface area (Å²) in [5, 5.41) is 3.26. The van der Waals surface area contributed by atoms with Crippen LogP contribution < -0.4 is 5.32 Å². The highest BCUT2D eigenvalue weighted by atomic mass is 35.5. The summed E-state index contributed by atoms with van der Waals surface area (Å²) in [7, 11) is -3.54. The predicted molar refractivity (Wildman–Crippen MR) is 117 cm³/mol. The molecule has 0 saturated carbocycles. The summed E-state index contributed by atoms with van der Waals surface area (Å²) < 4.78 is 25.2. The van der Waals surface area contributed by atoms with E-state index in [9.17, 15) is 13.2 Å². The number of hydrogen-bond acceptors (Lipinski definition) is 4. The second-order valence-electron chi connectivity index (χ2n) is 6.51. The van der Waals surface area contributed by atoms with Crippen molar-refractivity contribution in [2.45, 2.75) is 19.2 Å². The number of benzene rings is 2. The van der Waals surface area contributed by atoms with E-state index in [0.717, 1.165) is 22.1 Å². The first-order chi connectivity index (χ1) is 13.3. The van der Waals surface area contributed by atoms with Gasteiger partial charge in [0, 0.05) is 29.6 Å². The number of thioether (sulfide) groups is 1. The van der Waals surface area contributed by atoms with Crippen molar-refractivity contribution in [1.82, 2.24) is 9.62 Å². The Labute approximate surface area is 176 Å². The third-order valence-corrected chi connectivity index (χ3v) is 6.65. The summed E-state index contributed by atoms with van der Waals surface area (Å²) in [6, 6.07) is 15.4. The lowest BCUT2D eigenvalue weighted by Crippen LogP contribution is -2.40. The molecule has 5 nitrogen and oxygen atoms in total. The Kier molecular flexibility index (Phi) is 8.82. The Balaban J connectivity index is 1.78. The van der Waals surface area contributed by atoms with Gasteiger partial charge < -0.3 is 5.32 Å². The van der Waals surface area contributed by atoms with E-state index in [0.29, 0.717) is 17.1 Å². The van der Waals surface area contributed by atoms with Gasteiger partial charge in [-0.15, -0.1) is 0 Å². The Morgan fingerprint density at radius 1 is 1.14 bits per heavy atom. The lowest BCUT2D eigenvalue weighted by molar-refractivity contribution is -0.121. The number of aryl methyl sites for hydroxylation is 1. The smallest absolute Gasteiger partial charge is 0.235 e. The summed E-state index contributed by atoms with van der Waals surface area (Å²) in [5.41, 5.74) is 3.13. The van der Waals surface area contributed by atoms with Crippen LogP contribution in [0.25, 0.3) is 0 Å². The van der Waals surface area contributed by atoms with Gasteiger partial charge in [0.25, 0.3) is 0 Å². The number of rotatable bonds is 10. The molecule has 0 spiro atoms. The third kappa shape index (κ3) is 7.83. The Hall–Kier alpha value is -1.54. The summed E-state index contributed by atoms with van der Waals surface area (Å²) in [6.45, 7) is 2.37. The quantitative estimate of drug-likeness (QED) is 0.574. The van der Waals surface area contributed by atoms with Gasteiger partial charge in [-0.1, -0.05) is 59.6 Å². The topological polar surface area (TPSA) is 66.5 Å². The Morgan fingerprint density at radius 2 is 1.82 bits per heavy atom. The van der Waals surface area contributed by atoms with Gasteiger partial charge in [-0.25, -0.2) is 8.42 Å². The van der Waals surface area contributed by atoms with Crippen molar-refractivity contribution in [3.63, 3.8) is 0 Å². The lowest BCUT2D eigenvalue weighted by atomic mass is 10.2. The number of amides is 1. The number of carbonyl (C=O) groups is 1. The molecule has 0 aliphatic rings.